The predicted molar refractivity (Wildman–Crippen MR) is 245 cm³/mol. The van der Waals surface area contributed by atoms with Crippen molar-refractivity contribution in [3.8, 4) is 0 Å². The van der Waals surface area contributed by atoms with Gasteiger partial charge in [-0.25, -0.2) is 14.4 Å². The second-order valence-electron chi connectivity index (χ2n) is 24.0. The minimum atomic E-state index is -1.04. The van der Waals surface area contributed by atoms with E-state index in [4.69, 9.17) is 27.3 Å². The van der Waals surface area contributed by atoms with E-state index in [1.54, 1.807) is 46.4 Å². The number of rotatable bonds is 8. The Morgan fingerprint density at radius 1 is 0.716 bits per heavy atom. The third kappa shape index (κ3) is 12.7. The van der Waals surface area contributed by atoms with Gasteiger partial charge in [0.1, 0.15) is 29.3 Å². The van der Waals surface area contributed by atoms with Crippen LogP contribution < -0.4 is 78.8 Å². The summed E-state index contributed by atoms with van der Waals surface area (Å²) in [6.45, 7) is 10.6. The fourth-order valence-corrected chi connectivity index (χ4v) is 14.8. The first-order valence-corrected chi connectivity index (χ1v) is 23.7. The number of aliphatic hydroxyl groups is 2. The summed E-state index contributed by atoms with van der Waals surface area (Å²) in [6, 6.07) is -1.80. The summed E-state index contributed by atoms with van der Waals surface area (Å²) in [4.78, 5) is 75.0. The first kappa shape index (κ1) is 54.6. The number of alkyl carbamates (subject to hydrolysis) is 2. The van der Waals surface area contributed by atoms with E-state index in [1.807, 2.05) is 0 Å². The van der Waals surface area contributed by atoms with E-state index in [-0.39, 0.29) is 97.1 Å². The number of halogens is 1. The number of primary amides is 2. The Labute approximate surface area is 447 Å². The Morgan fingerprint density at radius 3 is 1.49 bits per heavy atom. The van der Waals surface area contributed by atoms with Crippen LogP contribution >= 0.6 is 12.4 Å². The van der Waals surface area contributed by atoms with Gasteiger partial charge in [-0.2, -0.15) is 0 Å². The normalized spacial score (nSPS) is 40.2. The molecule has 1 radical (unpaired) electrons. The van der Waals surface area contributed by atoms with Crippen LogP contribution in [-0.2, 0) is 28.7 Å². The fraction of sp³-hybridized carbons (Fsp3) is 0.870. The van der Waals surface area contributed by atoms with Gasteiger partial charge in [-0.1, -0.05) is 0 Å². The van der Waals surface area contributed by atoms with Crippen molar-refractivity contribution in [2.45, 2.75) is 203 Å². The van der Waals surface area contributed by atoms with Crippen LogP contribution in [0, 0.1) is 46.3 Å². The minimum absolute atomic E-state index is 0. The molecule has 11 N–H and O–H groups in total. The third-order valence-corrected chi connectivity index (χ3v) is 16.1. The number of carboxylic acids is 1. The number of aliphatic carboxylic acids is 1. The Morgan fingerprint density at radius 2 is 1.15 bits per heavy atom. The van der Waals surface area contributed by atoms with Gasteiger partial charge in [0.15, 0.2) is 0 Å². The Hall–Kier alpha value is -1.75. The maximum Gasteiger partial charge on any atom is 1.00 e. The number of fused-ring (bicyclic) bond motifs is 2. The number of likely N-dealkylation sites (tertiary alicyclic amines) is 1. The fourth-order valence-electron chi connectivity index (χ4n) is 14.8. The molecule has 21 heteroatoms. The number of nitrogens with two attached hydrogens (primary N) is 2. The monoisotopic (exact) mass is 992 g/mol. The van der Waals surface area contributed by atoms with Crippen LogP contribution in [0.25, 0.3) is 0 Å². The van der Waals surface area contributed by atoms with Gasteiger partial charge < -0.3 is 63.6 Å². The van der Waals surface area contributed by atoms with Gasteiger partial charge in [0.05, 0.1) is 17.2 Å². The molecule has 12 rings (SSSR count). The van der Waals surface area contributed by atoms with Gasteiger partial charge >= 0.3 is 69.5 Å². The van der Waals surface area contributed by atoms with Crippen molar-refractivity contribution in [2.75, 3.05) is 0 Å². The van der Waals surface area contributed by atoms with Crippen molar-refractivity contribution < 1.29 is 111 Å². The number of piperidine rings is 2. The van der Waals surface area contributed by atoms with Gasteiger partial charge in [-0.05, 0) is 180 Å². The van der Waals surface area contributed by atoms with Crippen molar-refractivity contribution in [3.63, 3.8) is 0 Å². The number of nitrogens with zero attached hydrogens (tertiary/aromatic N) is 1. The molecular formula is C46H76BClKN6O12. The van der Waals surface area contributed by atoms with E-state index >= 15 is 0 Å². The minimum Gasteiger partial charge on any atom is -1.00 e. The molecule has 12 aliphatic rings. The largest absolute Gasteiger partial charge is 1.00 e. The molecule has 12 fully saturated rings. The molecule has 18 nitrogen and oxygen atoms in total. The van der Waals surface area contributed by atoms with Gasteiger partial charge in [-0.15, -0.1) is 12.4 Å². The summed E-state index contributed by atoms with van der Waals surface area (Å²) in [5.41, 5.74) is 6.76. The first-order valence-electron chi connectivity index (χ1n) is 24.3. The average Bonchev–Trinajstić information content (AvgIpc) is 4.00. The van der Waals surface area contributed by atoms with Gasteiger partial charge in [0, 0.05) is 24.2 Å². The van der Waals surface area contributed by atoms with Crippen molar-refractivity contribution >= 4 is 56.3 Å². The van der Waals surface area contributed by atoms with Crippen molar-refractivity contribution in [1.82, 2.24) is 20.9 Å². The SMILES string of the molecule is CC(C)(C)OC(=O)NC(C(=O)N1[C@H](C(N)=O)C[C@@H]2C[C@@H]21)C12CC3CC(CC(O)(C3)C1)C2.CC(C)(C)OC(=O)N[C@H](C(=O)O)C12CC3CC(CC(O)(C3)C1)C2.Cl.NC(=O)[C@@H]1C[C@@H]2C[C@@H]2N1.[3H][B]O.[H-].[K+]. The van der Waals surface area contributed by atoms with Crippen LogP contribution in [-0.4, -0.2) is 129 Å². The maximum atomic E-state index is 14.0. The molecule has 10 aliphatic carbocycles. The summed E-state index contributed by atoms with van der Waals surface area (Å²) >= 11 is 0. The predicted octanol–water partition coefficient (Wildman–Crippen LogP) is -0.464. The molecule has 0 aromatic heterocycles. The molecular weight excluding hydrogens is 914 g/mol. The Bertz CT molecular complexity index is 1890. The molecule has 373 valence electrons. The number of amides is 5. The van der Waals surface area contributed by atoms with Gasteiger partial charge in [0.25, 0.3) is 8.01 Å². The Kier molecular flexibility index (Phi) is 16.6. The molecule has 67 heavy (non-hydrogen) atoms. The van der Waals surface area contributed by atoms with Crippen molar-refractivity contribution in [1.29, 1.82) is 1.34 Å². The standard InChI is InChI=1S/C23H35N3O5.C17H27NO5.C6H10N2O.BH2O.ClH.K.H/c1-21(2,3)31-20(29)25-17(19(28)26-15-5-14(15)6-16(26)18(24)27)22-7-12-4-13(8-22)10-23(30,9-12)11-22;1-15(2,3)23-14(21)18-12(13(19)20)16-5-10-4-11(6-16)8-17(22,7-10)9-16;7-6(9)5-2-3-1-4(3)8-5;1-2;;;/h12-17,30H,4-11H2,1-3H3,(H2,24,27)(H,25,29);10-12,22H,4-9H2,1-3H3,(H,18,21)(H,19,20);3-5,8H,1-2H2,(H2,7,9);1-2H;1H;;/q;;;;;+1;-1/t12?,13?,14-,15-,16-,17?,22?,23?;10?,11?,12-,16?,17?;3-,4-,5-;;;;/m010..../s1/i;;;1T;;;. The molecule has 8 bridgehead atoms. The first-order chi connectivity index (χ1) is 30.6. The summed E-state index contributed by atoms with van der Waals surface area (Å²) in [5, 5.41) is 47.5. The quantitative estimate of drug-likeness (QED) is 0.139. The second-order valence-corrected chi connectivity index (χ2v) is 24.0. The molecule has 5 unspecified atom stereocenters. The van der Waals surface area contributed by atoms with Crippen LogP contribution in [0.4, 0.5) is 9.59 Å². The van der Waals surface area contributed by atoms with Crippen LogP contribution in [0.15, 0.2) is 0 Å². The molecule has 12 atom stereocenters. The second kappa shape index (κ2) is 20.4. The van der Waals surface area contributed by atoms with Crippen LogP contribution in [0.2, 0.25) is 0 Å². The maximum absolute atomic E-state index is 14.0. The van der Waals surface area contributed by atoms with E-state index < -0.39 is 75.4 Å². The van der Waals surface area contributed by atoms with Crippen LogP contribution in [0.1, 0.15) is 146 Å². The number of hydrogen-bond donors (Lipinski definition) is 9. The average molecular weight is 993 g/mol. The molecule has 2 heterocycles. The van der Waals surface area contributed by atoms with Crippen molar-refractivity contribution in [3.05, 3.63) is 0 Å². The number of hydrogen-bond acceptors (Lipinski definition) is 12. The van der Waals surface area contributed by atoms with Gasteiger partial charge in [-0.3, -0.25) is 14.4 Å². The molecule has 2 saturated heterocycles. The summed E-state index contributed by atoms with van der Waals surface area (Å²) in [6.07, 6.45) is 11.7. The van der Waals surface area contributed by atoms with E-state index in [0.29, 0.717) is 54.9 Å². The summed E-state index contributed by atoms with van der Waals surface area (Å²) < 4.78 is 16.4. The molecule has 10 saturated carbocycles. The number of carbonyl (C=O) groups is 6. The van der Waals surface area contributed by atoms with Crippen LogP contribution in [0.3, 0.4) is 0 Å². The van der Waals surface area contributed by atoms with E-state index in [1.165, 1.54) is 6.42 Å². The Balaban J connectivity index is 0.000000239. The van der Waals surface area contributed by atoms with Gasteiger partial charge in [0.2, 0.25) is 17.7 Å². The zero-order valence-corrected chi connectivity index (χ0v) is 44.3. The zero-order chi connectivity index (χ0) is 48.5. The topological polar surface area (TPSA) is 293 Å². The smallest absolute Gasteiger partial charge is 1.00 e. The zero-order valence-electron chi connectivity index (χ0n) is 42.4. The summed E-state index contributed by atoms with van der Waals surface area (Å²) in [5.74, 6) is 0.593. The molecule has 5 amide bonds. The molecule has 0 aromatic carbocycles. The van der Waals surface area contributed by atoms with E-state index in [0.717, 1.165) is 83.0 Å². The molecule has 0 spiro atoms. The molecule has 0 aromatic rings. The van der Waals surface area contributed by atoms with Crippen molar-refractivity contribution in [2.24, 2.45) is 57.8 Å². The summed E-state index contributed by atoms with van der Waals surface area (Å²) in [7, 11) is 0.250. The number of carboxylic acid groups (broad SMARTS) is 1. The number of ether oxygens (including phenoxy) is 2. The van der Waals surface area contributed by atoms with E-state index in [9.17, 15) is 44.1 Å². The van der Waals surface area contributed by atoms with E-state index in [2.05, 4.69) is 16.0 Å². The number of carbonyl (C=O) groups excluding carboxylic acids is 5. The van der Waals surface area contributed by atoms with Crippen LogP contribution in [0.5, 0.6) is 0 Å². The number of nitrogens with one attached hydrogen (secondary N) is 3. The molecule has 2 aliphatic heterocycles. The third-order valence-electron chi connectivity index (χ3n) is 16.1.